The van der Waals surface area contributed by atoms with E-state index in [2.05, 4.69) is 20.9 Å². The number of esters is 2. The first-order valence-electron chi connectivity index (χ1n) is 6.11. The Bertz CT molecular complexity index is 544. The van der Waals surface area contributed by atoms with E-state index in [-0.39, 0.29) is 13.2 Å². The highest BCUT2D eigenvalue weighted by atomic mass is 16.6. The molecule has 12 heteroatoms. The average molecular weight is 342 g/mol. The van der Waals surface area contributed by atoms with Crippen molar-refractivity contribution in [1.82, 2.24) is 10.6 Å². The lowest BCUT2D eigenvalue weighted by Crippen LogP contribution is -2.33. The van der Waals surface area contributed by atoms with Crippen molar-refractivity contribution in [3.63, 3.8) is 0 Å². The standard InChI is InChI=1S/C12H14N4O8/c13-11(21)15-7(17)1-3-9(19)23-5-6-24-10(20)4-2-8(18)16-12(14)22/h1-4H,5-6H2,(H3,13,15,17,21)(H3,14,16,18,22)/b3-1-,4-2-. The fourth-order valence-electron chi connectivity index (χ4n) is 0.994. The summed E-state index contributed by atoms with van der Waals surface area (Å²) in [6.45, 7) is -0.651. The van der Waals surface area contributed by atoms with Crippen LogP contribution in [0.3, 0.4) is 0 Å². The molecule has 0 unspecified atom stereocenters. The molecular formula is C12H14N4O8. The molecule has 0 spiro atoms. The highest BCUT2D eigenvalue weighted by Gasteiger charge is 2.04. The van der Waals surface area contributed by atoms with Crippen LogP contribution in [0.5, 0.6) is 0 Å². The van der Waals surface area contributed by atoms with E-state index >= 15 is 0 Å². The van der Waals surface area contributed by atoms with E-state index < -0.39 is 35.8 Å². The minimum absolute atomic E-state index is 0.326. The summed E-state index contributed by atoms with van der Waals surface area (Å²) < 4.78 is 9.12. The van der Waals surface area contributed by atoms with Crippen LogP contribution in [0.25, 0.3) is 0 Å². The van der Waals surface area contributed by atoms with Crippen LogP contribution >= 0.6 is 0 Å². The van der Waals surface area contributed by atoms with Crippen molar-refractivity contribution in [2.24, 2.45) is 11.5 Å². The van der Waals surface area contributed by atoms with E-state index in [0.29, 0.717) is 0 Å². The molecule has 0 radical (unpaired) electrons. The molecule has 0 saturated carbocycles. The molecule has 6 N–H and O–H groups in total. The molecule has 0 fully saturated rings. The summed E-state index contributed by atoms with van der Waals surface area (Å²) in [5.74, 6) is -3.68. The van der Waals surface area contributed by atoms with E-state index in [0.717, 1.165) is 24.3 Å². The minimum Gasteiger partial charge on any atom is -0.459 e. The Morgan fingerprint density at radius 2 is 1.00 bits per heavy atom. The number of urea groups is 2. The monoisotopic (exact) mass is 342 g/mol. The molecule has 0 aliphatic rings. The molecule has 0 saturated heterocycles. The van der Waals surface area contributed by atoms with Gasteiger partial charge in [0, 0.05) is 24.3 Å². The van der Waals surface area contributed by atoms with Crippen LogP contribution in [-0.2, 0) is 28.7 Å². The Morgan fingerprint density at radius 1 is 0.667 bits per heavy atom. The second-order valence-corrected chi connectivity index (χ2v) is 3.71. The second-order valence-electron chi connectivity index (χ2n) is 3.71. The number of hydrogen-bond donors (Lipinski definition) is 4. The van der Waals surface area contributed by atoms with Crippen molar-refractivity contribution in [3.8, 4) is 0 Å². The summed E-state index contributed by atoms with van der Waals surface area (Å²) in [6, 6.07) is -2.16. The van der Waals surface area contributed by atoms with Gasteiger partial charge >= 0.3 is 24.0 Å². The maximum Gasteiger partial charge on any atom is 0.331 e. The van der Waals surface area contributed by atoms with Crippen molar-refractivity contribution in [3.05, 3.63) is 24.3 Å². The van der Waals surface area contributed by atoms with Gasteiger partial charge in [-0.2, -0.15) is 0 Å². The zero-order chi connectivity index (χ0) is 18.5. The van der Waals surface area contributed by atoms with Crippen LogP contribution in [0.15, 0.2) is 24.3 Å². The molecule has 6 amide bonds. The highest BCUT2D eigenvalue weighted by molar-refractivity contribution is 6.03. The molecule has 24 heavy (non-hydrogen) atoms. The van der Waals surface area contributed by atoms with Crippen molar-refractivity contribution in [2.45, 2.75) is 0 Å². The average Bonchev–Trinajstić information content (AvgIpc) is 2.46. The Labute approximate surface area is 134 Å². The lowest BCUT2D eigenvalue weighted by molar-refractivity contribution is -0.146. The predicted molar refractivity (Wildman–Crippen MR) is 75.7 cm³/mol. The summed E-state index contributed by atoms with van der Waals surface area (Å²) in [5, 5.41) is 3.36. The summed E-state index contributed by atoms with van der Waals surface area (Å²) in [6.07, 6.45) is 2.90. The third-order valence-electron chi connectivity index (χ3n) is 1.81. The fourth-order valence-corrected chi connectivity index (χ4v) is 0.994. The van der Waals surface area contributed by atoms with Gasteiger partial charge in [0.2, 0.25) is 0 Å². The molecule has 12 nitrogen and oxygen atoms in total. The van der Waals surface area contributed by atoms with E-state index in [9.17, 15) is 28.8 Å². The Balaban J connectivity index is 3.96. The highest BCUT2D eigenvalue weighted by Crippen LogP contribution is 1.87. The molecule has 0 aliphatic carbocycles. The van der Waals surface area contributed by atoms with Crippen molar-refractivity contribution in [1.29, 1.82) is 0 Å². The van der Waals surface area contributed by atoms with Crippen LogP contribution in [0.2, 0.25) is 0 Å². The molecule has 0 aromatic carbocycles. The van der Waals surface area contributed by atoms with Gasteiger partial charge in [0.15, 0.2) is 0 Å². The zero-order valence-corrected chi connectivity index (χ0v) is 12.1. The fraction of sp³-hybridized carbons (Fsp3) is 0.167. The van der Waals surface area contributed by atoms with Gasteiger partial charge in [-0.3, -0.25) is 20.2 Å². The number of hydrogen-bond acceptors (Lipinski definition) is 8. The number of carbonyl (C=O) groups excluding carboxylic acids is 6. The molecule has 130 valence electrons. The van der Waals surface area contributed by atoms with Crippen LogP contribution in [-0.4, -0.2) is 49.0 Å². The number of nitrogens with one attached hydrogen (secondary N) is 2. The molecule has 0 rings (SSSR count). The van der Waals surface area contributed by atoms with E-state index in [1.165, 1.54) is 0 Å². The number of carbonyl (C=O) groups is 6. The van der Waals surface area contributed by atoms with Crippen LogP contribution in [0, 0.1) is 0 Å². The van der Waals surface area contributed by atoms with Gasteiger partial charge in [-0.15, -0.1) is 0 Å². The van der Waals surface area contributed by atoms with Gasteiger partial charge < -0.3 is 20.9 Å². The Morgan fingerprint density at radius 3 is 1.29 bits per heavy atom. The number of ether oxygens (including phenoxy) is 2. The lowest BCUT2D eigenvalue weighted by Gasteiger charge is -2.02. The SMILES string of the molecule is NC(=O)NC(=O)/C=C\C(=O)OCCOC(=O)/C=C\C(=O)NC(N)=O. The first kappa shape index (κ1) is 20.3. The summed E-state index contributed by atoms with van der Waals surface area (Å²) in [5.41, 5.74) is 9.34. The Kier molecular flexibility index (Phi) is 9.26. The molecular weight excluding hydrogens is 328 g/mol. The topological polar surface area (TPSA) is 197 Å². The number of rotatable bonds is 7. The van der Waals surface area contributed by atoms with Crippen molar-refractivity contribution >= 4 is 35.8 Å². The second kappa shape index (κ2) is 10.9. The molecule has 0 aliphatic heterocycles. The smallest absolute Gasteiger partial charge is 0.331 e. The third-order valence-corrected chi connectivity index (χ3v) is 1.81. The minimum atomic E-state index is -1.08. The van der Waals surface area contributed by atoms with Gasteiger partial charge in [0.05, 0.1) is 0 Å². The van der Waals surface area contributed by atoms with E-state index in [1.54, 1.807) is 10.6 Å². The zero-order valence-electron chi connectivity index (χ0n) is 12.1. The number of nitrogens with two attached hydrogens (primary N) is 2. The van der Waals surface area contributed by atoms with E-state index in [1.807, 2.05) is 0 Å². The van der Waals surface area contributed by atoms with Gasteiger partial charge in [-0.25, -0.2) is 19.2 Å². The summed E-state index contributed by atoms with van der Waals surface area (Å²) in [7, 11) is 0. The predicted octanol–water partition coefficient (Wildman–Crippen LogP) is -2.42. The van der Waals surface area contributed by atoms with Gasteiger partial charge in [-0.1, -0.05) is 0 Å². The summed E-state index contributed by atoms with van der Waals surface area (Å²) in [4.78, 5) is 64.8. The van der Waals surface area contributed by atoms with Gasteiger partial charge in [-0.05, 0) is 0 Å². The summed E-state index contributed by atoms with van der Waals surface area (Å²) >= 11 is 0. The van der Waals surface area contributed by atoms with Gasteiger partial charge in [0.1, 0.15) is 13.2 Å². The molecule has 0 bridgehead atoms. The maximum atomic E-state index is 11.1. The van der Waals surface area contributed by atoms with Crippen molar-refractivity contribution in [2.75, 3.05) is 13.2 Å². The first-order valence-corrected chi connectivity index (χ1v) is 6.11. The van der Waals surface area contributed by atoms with Crippen molar-refractivity contribution < 1.29 is 38.2 Å². The number of primary amides is 2. The largest absolute Gasteiger partial charge is 0.459 e. The molecule has 0 heterocycles. The quantitative estimate of drug-likeness (QED) is 0.222. The molecule has 0 aromatic rings. The lowest BCUT2D eigenvalue weighted by atomic mass is 10.4. The molecule has 0 atom stereocenters. The van der Waals surface area contributed by atoms with Crippen LogP contribution in [0.1, 0.15) is 0 Å². The normalized spacial score (nSPS) is 10.2. The molecule has 0 aromatic heterocycles. The van der Waals surface area contributed by atoms with E-state index in [4.69, 9.17) is 0 Å². The van der Waals surface area contributed by atoms with Crippen LogP contribution < -0.4 is 22.1 Å². The Hall–Kier alpha value is -3.70. The number of amides is 6. The first-order chi connectivity index (χ1) is 11.2. The third kappa shape index (κ3) is 12.1. The van der Waals surface area contributed by atoms with Crippen LogP contribution in [0.4, 0.5) is 9.59 Å². The van der Waals surface area contributed by atoms with Gasteiger partial charge in [0.25, 0.3) is 11.8 Å². The number of imide groups is 2. The maximum absolute atomic E-state index is 11.1.